The molecule has 1 N–H and O–H groups in total. The van der Waals surface area contributed by atoms with Crippen LogP contribution < -0.4 is 5.32 Å². The molecule has 28 heavy (non-hydrogen) atoms. The zero-order valence-electron chi connectivity index (χ0n) is 15.9. The molecule has 3 rings (SSSR count). The zero-order valence-corrected chi connectivity index (χ0v) is 15.9. The third-order valence-corrected chi connectivity index (χ3v) is 4.71. The average Bonchev–Trinajstić information content (AvgIpc) is 3.06. The SMILES string of the molecule is Cc1cccc(NC(=O)COC(=O)C2CC(=O)N(CCc3ccccc3)C2)c1. The summed E-state index contributed by atoms with van der Waals surface area (Å²) in [5.41, 5.74) is 2.83. The fourth-order valence-electron chi connectivity index (χ4n) is 3.23. The van der Waals surface area contributed by atoms with E-state index in [1.807, 2.05) is 55.5 Å². The summed E-state index contributed by atoms with van der Waals surface area (Å²) in [6.45, 7) is 2.47. The molecule has 0 aliphatic carbocycles. The molecule has 1 aliphatic heterocycles. The molecule has 1 heterocycles. The smallest absolute Gasteiger partial charge is 0.311 e. The van der Waals surface area contributed by atoms with Crippen LogP contribution in [-0.2, 0) is 25.5 Å². The minimum atomic E-state index is -0.518. The van der Waals surface area contributed by atoms with Crippen molar-refractivity contribution in [2.75, 3.05) is 25.0 Å². The minimum absolute atomic E-state index is 0.0536. The van der Waals surface area contributed by atoms with Crippen molar-refractivity contribution in [3.63, 3.8) is 0 Å². The normalized spacial score (nSPS) is 16.1. The van der Waals surface area contributed by atoms with E-state index in [-0.39, 0.29) is 18.9 Å². The fraction of sp³-hybridized carbons (Fsp3) is 0.318. The van der Waals surface area contributed by atoms with E-state index in [9.17, 15) is 14.4 Å². The fourth-order valence-corrected chi connectivity index (χ4v) is 3.23. The van der Waals surface area contributed by atoms with Crippen LogP contribution in [0.1, 0.15) is 17.5 Å². The molecule has 6 nitrogen and oxygen atoms in total. The van der Waals surface area contributed by atoms with E-state index >= 15 is 0 Å². The Kier molecular flexibility index (Phi) is 6.42. The number of rotatable bonds is 7. The molecule has 2 amide bonds. The van der Waals surface area contributed by atoms with E-state index < -0.39 is 17.8 Å². The summed E-state index contributed by atoms with van der Waals surface area (Å²) in [6, 6.07) is 17.3. The summed E-state index contributed by atoms with van der Waals surface area (Å²) < 4.78 is 5.12. The molecule has 6 heteroatoms. The third-order valence-electron chi connectivity index (χ3n) is 4.71. The quantitative estimate of drug-likeness (QED) is 0.749. The number of carbonyl (C=O) groups excluding carboxylic acids is 3. The second-order valence-electron chi connectivity index (χ2n) is 7.00. The number of carbonyl (C=O) groups is 3. The highest BCUT2D eigenvalue weighted by Crippen LogP contribution is 2.20. The Bertz CT molecular complexity index is 851. The Labute approximate surface area is 164 Å². The first-order chi connectivity index (χ1) is 13.5. The van der Waals surface area contributed by atoms with Gasteiger partial charge in [0, 0.05) is 25.2 Å². The first-order valence-electron chi connectivity index (χ1n) is 9.36. The van der Waals surface area contributed by atoms with Gasteiger partial charge in [0.25, 0.3) is 5.91 Å². The number of hydrogen-bond donors (Lipinski definition) is 1. The second kappa shape index (κ2) is 9.17. The van der Waals surface area contributed by atoms with Gasteiger partial charge in [0.1, 0.15) is 0 Å². The number of anilines is 1. The highest BCUT2D eigenvalue weighted by Gasteiger charge is 2.35. The number of aryl methyl sites for hydroxylation is 1. The molecule has 1 atom stereocenters. The summed E-state index contributed by atoms with van der Waals surface area (Å²) in [5.74, 6) is -1.48. The average molecular weight is 380 g/mol. The van der Waals surface area contributed by atoms with Crippen LogP contribution in [0, 0.1) is 12.8 Å². The van der Waals surface area contributed by atoms with Crippen molar-refractivity contribution < 1.29 is 19.1 Å². The van der Waals surface area contributed by atoms with Crippen molar-refractivity contribution in [1.29, 1.82) is 0 Å². The van der Waals surface area contributed by atoms with Crippen LogP contribution in [0.25, 0.3) is 0 Å². The van der Waals surface area contributed by atoms with Crippen LogP contribution >= 0.6 is 0 Å². The molecule has 0 spiro atoms. The molecule has 2 aromatic rings. The van der Waals surface area contributed by atoms with Gasteiger partial charge < -0.3 is 15.0 Å². The van der Waals surface area contributed by atoms with Crippen molar-refractivity contribution in [3.8, 4) is 0 Å². The molecule has 1 aliphatic rings. The minimum Gasteiger partial charge on any atom is -0.455 e. The van der Waals surface area contributed by atoms with E-state index in [0.29, 0.717) is 18.8 Å². The molecular weight excluding hydrogens is 356 g/mol. The molecule has 2 aromatic carbocycles. The lowest BCUT2D eigenvalue weighted by Gasteiger charge is -2.16. The van der Waals surface area contributed by atoms with Gasteiger partial charge in [0.05, 0.1) is 5.92 Å². The molecule has 0 bridgehead atoms. The molecule has 1 unspecified atom stereocenters. The van der Waals surface area contributed by atoms with Crippen LogP contribution in [0.15, 0.2) is 54.6 Å². The van der Waals surface area contributed by atoms with Crippen LogP contribution in [0.4, 0.5) is 5.69 Å². The monoisotopic (exact) mass is 380 g/mol. The van der Waals surface area contributed by atoms with E-state index in [0.717, 1.165) is 17.5 Å². The van der Waals surface area contributed by atoms with Gasteiger partial charge in [-0.3, -0.25) is 14.4 Å². The Balaban J connectivity index is 1.43. The van der Waals surface area contributed by atoms with Gasteiger partial charge in [-0.1, -0.05) is 42.5 Å². The van der Waals surface area contributed by atoms with Crippen LogP contribution in [0.2, 0.25) is 0 Å². The van der Waals surface area contributed by atoms with Gasteiger partial charge in [-0.2, -0.15) is 0 Å². The number of esters is 1. The van der Waals surface area contributed by atoms with Crippen molar-refractivity contribution >= 4 is 23.5 Å². The summed E-state index contributed by atoms with van der Waals surface area (Å²) in [5, 5.41) is 2.69. The van der Waals surface area contributed by atoms with E-state index in [2.05, 4.69) is 5.32 Å². The number of likely N-dealkylation sites (tertiary alicyclic amines) is 1. The van der Waals surface area contributed by atoms with Crippen molar-refractivity contribution in [2.24, 2.45) is 5.92 Å². The Morgan fingerprint density at radius 2 is 1.93 bits per heavy atom. The standard InChI is InChI=1S/C22H24N2O4/c1-16-6-5-9-19(12-16)23-20(25)15-28-22(27)18-13-21(26)24(14-18)11-10-17-7-3-2-4-8-17/h2-9,12,18H,10-11,13-15H2,1H3,(H,23,25). The molecule has 146 valence electrons. The van der Waals surface area contributed by atoms with Crippen LogP contribution in [-0.4, -0.2) is 42.4 Å². The summed E-state index contributed by atoms with van der Waals surface area (Å²) >= 11 is 0. The number of benzene rings is 2. The second-order valence-corrected chi connectivity index (χ2v) is 7.00. The maximum Gasteiger partial charge on any atom is 0.311 e. The predicted molar refractivity (Wildman–Crippen MR) is 106 cm³/mol. The molecule has 0 saturated carbocycles. The van der Waals surface area contributed by atoms with Crippen molar-refractivity contribution in [1.82, 2.24) is 4.90 Å². The zero-order chi connectivity index (χ0) is 19.9. The van der Waals surface area contributed by atoms with Gasteiger partial charge in [-0.05, 0) is 36.6 Å². The van der Waals surface area contributed by atoms with Gasteiger partial charge >= 0.3 is 5.97 Å². The summed E-state index contributed by atoms with van der Waals surface area (Å²) in [4.78, 5) is 38.1. The van der Waals surface area contributed by atoms with Crippen LogP contribution in [0.3, 0.4) is 0 Å². The van der Waals surface area contributed by atoms with Gasteiger partial charge in [-0.15, -0.1) is 0 Å². The van der Waals surface area contributed by atoms with E-state index in [1.165, 1.54) is 0 Å². The topological polar surface area (TPSA) is 75.7 Å². The third kappa shape index (κ3) is 5.42. The molecule has 0 aromatic heterocycles. The van der Waals surface area contributed by atoms with Crippen molar-refractivity contribution in [3.05, 3.63) is 65.7 Å². The lowest BCUT2D eigenvalue weighted by Crippen LogP contribution is -2.29. The van der Waals surface area contributed by atoms with Gasteiger partial charge in [-0.25, -0.2) is 0 Å². The highest BCUT2D eigenvalue weighted by atomic mass is 16.5. The number of amides is 2. The van der Waals surface area contributed by atoms with E-state index in [1.54, 1.807) is 11.0 Å². The lowest BCUT2D eigenvalue weighted by molar-refractivity contribution is -0.151. The Morgan fingerprint density at radius 3 is 2.68 bits per heavy atom. The summed E-state index contributed by atoms with van der Waals surface area (Å²) in [7, 11) is 0. The molecule has 0 radical (unpaired) electrons. The highest BCUT2D eigenvalue weighted by molar-refractivity contribution is 5.93. The van der Waals surface area contributed by atoms with Gasteiger partial charge in [0.15, 0.2) is 6.61 Å². The first-order valence-corrected chi connectivity index (χ1v) is 9.36. The van der Waals surface area contributed by atoms with Crippen molar-refractivity contribution in [2.45, 2.75) is 19.8 Å². The largest absolute Gasteiger partial charge is 0.455 e. The Hall–Kier alpha value is -3.15. The van der Waals surface area contributed by atoms with Gasteiger partial charge in [0.2, 0.25) is 5.91 Å². The number of ether oxygens (including phenoxy) is 1. The first kappa shape index (κ1) is 19.6. The molecule has 1 saturated heterocycles. The molecule has 1 fully saturated rings. The lowest BCUT2D eigenvalue weighted by atomic mass is 10.1. The summed E-state index contributed by atoms with van der Waals surface area (Å²) in [6.07, 6.45) is 0.875. The Morgan fingerprint density at radius 1 is 1.14 bits per heavy atom. The maximum atomic E-state index is 12.2. The number of hydrogen-bond acceptors (Lipinski definition) is 4. The number of nitrogens with zero attached hydrogens (tertiary/aromatic N) is 1. The molecular formula is C22H24N2O4. The van der Waals surface area contributed by atoms with Crippen LogP contribution in [0.5, 0.6) is 0 Å². The maximum absolute atomic E-state index is 12.2. The van der Waals surface area contributed by atoms with E-state index in [4.69, 9.17) is 4.74 Å². The number of nitrogens with one attached hydrogen (secondary N) is 1. The predicted octanol–water partition coefficient (Wildman–Crippen LogP) is 2.57.